The zero-order valence-electron chi connectivity index (χ0n) is 21.2. The number of nitrogens with one attached hydrogen (secondary N) is 1. The molecule has 1 heterocycles. The van der Waals surface area contributed by atoms with Crippen molar-refractivity contribution in [1.29, 1.82) is 0 Å². The van der Waals surface area contributed by atoms with Crippen molar-refractivity contribution in [3.63, 3.8) is 0 Å². The van der Waals surface area contributed by atoms with Crippen LogP contribution in [0.5, 0.6) is 0 Å². The van der Waals surface area contributed by atoms with Crippen LogP contribution in [0.3, 0.4) is 0 Å². The Bertz CT molecular complexity index is 1470. The molecule has 3 rings (SSSR count). The summed E-state index contributed by atoms with van der Waals surface area (Å²) in [6, 6.07) is 12.9. The van der Waals surface area contributed by atoms with E-state index in [2.05, 4.69) is 9.71 Å². The molecule has 0 spiro atoms. The SMILES string of the molecule is CN(C)/C=N/S(=O)(=O)c1cc(NC(=O)Cc2ccccc2Cl)ccc1-c1ccn(C(=O)O)c1C(C)(C)C. The predicted molar refractivity (Wildman–Crippen MR) is 145 cm³/mol. The van der Waals surface area contributed by atoms with Gasteiger partial charge < -0.3 is 15.3 Å². The van der Waals surface area contributed by atoms with E-state index in [1.54, 1.807) is 56.6 Å². The Balaban J connectivity index is 2.13. The van der Waals surface area contributed by atoms with Crippen molar-refractivity contribution in [3.05, 3.63) is 71.0 Å². The minimum atomic E-state index is -4.23. The summed E-state index contributed by atoms with van der Waals surface area (Å²) in [6.45, 7) is 5.52. The van der Waals surface area contributed by atoms with E-state index in [1.807, 2.05) is 20.8 Å². The zero-order chi connectivity index (χ0) is 27.5. The minimum absolute atomic E-state index is 0.00206. The second-order valence-electron chi connectivity index (χ2n) is 9.67. The molecule has 0 saturated heterocycles. The molecule has 0 radical (unpaired) electrons. The standard InChI is InChI=1S/C26H29ClN4O5S/c1-26(2,3)24-20(12-13-31(24)25(33)34)19-11-10-18(15-22(19)37(35,36)28-16-30(4)5)29-23(32)14-17-8-6-7-9-21(17)27/h6-13,15-16H,14H2,1-5H3,(H,29,32)(H,33,34)/b28-16+. The highest BCUT2D eigenvalue weighted by Gasteiger charge is 2.29. The van der Waals surface area contributed by atoms with Gasteiger partial charge in [-0.25, -0.2) is 4.79 Å². The molecule has 2 aromatic carbocycles. The molecule has 1 aromatic heterocycles. The van der Waals surface area contributed by atoms with Crippen LogP contribution in [-0.2, 0) is 26.7 Å². The van der Waals surface area contributed by atoms with Gasteiger partial charge in [-0.05, 0) is 29.8 Å². The molecule has 0 aliphatic heterocycles. The van der Waals surface area contributed by atoms with Gasteiger partial charge in [0.1, 0.15) is 6.34 Å². The van der Waals surface area contributed by atoms with Crippen LogP contribution in [-0.4, -0.2) is 55.4 Å². The lowest BCUT2D eigenvalue weighted by Gasteiger charge is -2.23. The van der Waals surface area contributed by atoms with Crippen LogP contribution in [0.1, 0.15) is 32.0 Å². The average Bonchev–Trinajstić information content (AvgIpc) is 3.25. The van der Waals surface area contributed by atoms with Gasteiger partial charge in [0.25, 0.3) is 10.0 Å². The van der Waals surface area contributed by atoms with E-state index in [-0.39, 0.29) is 28.5 Å². The maximum atomic E-state index is 13.3. The van der Waals surface area contributed by atoms with Gasteiger partial charge in [-0.3, -0.25) is 9.36 Å². The number of carboxylic acid groups (broad SMARTS) is 1. The number of aromatic nitrogens is 1. The monoisotopic (exact) mass is 544 g/mol. The third-order valence-electron chi connectivity index (χ3n) is 5.36. The summed E-state index contributed by atoms with van der Waals surface area (Å²) in [7, 11) is -0.963. The van der Waals surface area contributed by atoms with E-state index in [0.717, 1.165) is 10.9 Å². The summed E-state index contributed by atoms with van der Waals surface area (Å²) in [6.07, 6.45) is 1.36. The largest absolute Gasteiger partial charge is 0.464 e. The van der Waals surface area contributed by atoms with Gasteiger partial charge in [-0.1, -0.05) is 56.6 Å². The first-order chi connectivity index (χ1) is 17.2. The molecule has 196 valence electrons. The maximum absolute atomic E-state index is 13.3. The smallest absolute Gasteiger partial charge is 0.415 e. The van der Waals surface area contributed by atoms with Crippen molar-refractivity contribution in [2.24, 2.45) is 4.40 Å². The second-order valence-corrected chi connectivity index (χ2v) is 11.7. The number of anilines is 1. The van der Waals surface area contributed by atoms with E-state index in [1.165, 1.54) is 17.2 Å². The molecule has 9 nitrogen and oxygen atoms in total. The molecule has 0 atom stereocenters. The number of rotatable bonds is 7. The molecule has 1 amide bonds. The number of nitrogens with zero attached hydrogens (tertiary/aromatic N) is 3. The summed E-state index contributed by atoms with van der Waals surface area (Å²) in [4.78, 5) is 25.9. The Kier molecular flexibility index (Phi) is 8.14. The number of halogens is 1. The van der Waals surface area contributed by atoms with Crippen LogP contribution < -0.4 is 5.32 Å². The molecule has 37 heavy (non-hydrogen) atoms. The lowest BCUT2D eigenvalue weighted by atomic mass is 9.87. The molecular formula is C26H29ClN4O5S. The molecule has 0 fully saturated rings. The third-order valence-corrected chi connectivity index (χ3v) is 7.00. The van der Waals surface area contributed by atoms with Crippen molar-refractivity contribution < 1.29 is 23.1 Å². The Morgan fingerprint density at radius 1 is 1.11 bits per heavy atom. The first-order valence-corrected chi connectivity index (χ1v) is 13.1. The van der Waals surface area contributed by atoms with Crippen LogP contribution in [0.2, 0.25) is 5.02 Å². The Morgan fingerprint density at radius 2 is 1.78 bits per heavy atom. The van der Waals surface area contributed by atoms with Gasteiger partial charge in [0.2, 0.25) is 5.91 Å². The van der Waals surface area contributed by atoms with Gasteiger partial charge in [-0.15, -0.1) is 4.40 Å². The lowest BCUT2D eigenvalue weighted by molar-refractivity contribution is -0.115. The summed E-state index contributed by atoms with van der Waals surface area (Å²) in [5.74, 6) is -0.381. The third kappa shape index (κ3) is 6.58. The number of hydrogen-bond acceptors (Lipinski definition) is 4. The molecular weight excluding hydrogens is 516 g/mol. The number of benzene rings is 2. The molecule has 0 aliphatic carbocycles. The van der Waals surface area contributed by atoms with Gasteiger partial charge in [0, 0.05) is 53.2 Å². The van der Waals surface area contributed by atoms with Gasteiger partial charge in [0.05, 0.1) is 11.3 Å². The molecule has 0 saturated carbocycles. The van der Waals surface area contributed by atoms with Crippen LogP contribution in [0.15, 0.2) is 64.0 Å². The zero-order valence-corrected chi connectivity index (χ0v) is 22.8. The summed E-state index contributed by atoms with van der Waals surface area (Å²) >= 11 is 6.16. The molecule has 3 aromatic rings. The maximum Gasteiger partial charge on any atom is 0.415 e. The van der Waals surface area contributed by atoms with Crippen molar-refractivity contribution in [3.8, 4) is 11.1 Å². The van der Waals surface area contributed by atoms with Crippen LogP contribution in [0, 0.1) is 0 Å². The Morgan fingerprint density at radius 3 is 2.38 bits per heavy atom. The molecule has 0 bridgehead atoms. The average molecular weight is 545 g/mol. The van der Waals surface area contributed by atoms with E-state index < -0.39 is 21.5 Å². The molecule has 2 N–H and O–H groups in total. The van der Waals surface area contributed by atoms with Crippen molar-refractivity contribution >= 4 is 45.7 Å². The highest BCUT2D eigenvalue weighted by atomic mass is 35.5. The summed E-state index contributed by atoms with van der Waals surface area (Å²) < 4.78 is 31.5. The normalized spacial score (nSPS) is 12.1. The summed E-state index contributed by atoms with van der Waals surface area (Å²) in [5.41, 5.74) is 1.37. The molecule has 0 aliphatic rings. The molecule has 0 unspecified atom stereocenters. The van der Waals surface area contributed by atoms with Crippen molar-refractivity contribution in [1.82, 2.24) is 9.47 Å². The number of carbonyl (C=O) groups excluding carboxylic acids is 1. The van der Waals surface area contributed by atoms with Gasteiger partial charge in [-0.2, -0.15) is 8.42 Å². The lowest BCUT2D eigenvalue weighted by Crippen LogP contribution is -2.22. The fourth-order valence-electron chi connectivity index (χ4n) is 3.84. The number of hydrogen-bond donors (Lipinski definition) is 2. The number of sulfonamides is 1. The van der Waals surface area contributed by atoms with Crippen LogP contribution in [0.4, 0.5) is 10.5 Å². The van der Waals surface area contributed by atoms with Crippen LogP contribution in [0.25, 0.3) is 11.1 Å². The second kappa shape index (κ2) is 10.8. The topological polar surface area (TPSA) is 121 Å². The minimum Gasteiger partial charge on any atom is -0.464 e. The highest BCUT2D eigenvalue weighted by Crippen LogP contribution is 2.38. The fourth-order valence-corrected chi connectivity index (χ4v) is 5.20. The number of carbonyl (C=O) groups is 2. The first-order valence-electron chi connectivity index (χ1n) is 11.3. The summed E-state index contributed by atoms with van der Waals surface area (Å²) in [5, 5.41) is 12.9. The first kappa shape index (κ1) is 27.9. The van der Waals surface area contributed by atoms with E-state index in [0.29, 0.717) is 21.8 Å². The fraction of sp³-hybridized carbons (Fsp3) is 0.269. The van der Waals surface area contributed by atoms with Crippen LogP contribution >= 0.6 is 11.6 Å². The van der Waals surface area contributed by atoms with E-state index in [4.69, 9.17) is 11.6 Å². The van der Waals surface area contributed by atoms with Crippen molar-refractivity contribution in [2.75, 3.05) is 19.4 Å². The van der Waals surface area contributed by atoms with Gasteiger partial charge >= 0.3 is 6.09 Å². The predicted octanol–water partition coefficient (Wildman–Crippen LogP) is 5.09. The Hall–Kier alpha value is -3.63. The highest BCUT2D eigenvalue weighted by molar-refractivity contribution is 7.90. The molecule has 11 heteroatoms. The van der Waals surface area contributed by atoms with Crippen molar-refractivity contribution in [2.45, 2.75) is 37.5 Å². The quantitative estimate of drug-likeness (QED) is 0.315. The van der Waals surface area contributed by atoms with E-state index >= 15 is 0 Å². The number of amides is 1. The Labute approximate surface area is 221 Å². The van der Waals surface area contributed by atoms with Gasteiger partial charge in [0.15, 0.2) is 0 Å². The van der Waals surface area contributed by atoms with E-state index in [9.17, 15) is 23.1 Å².